The summed E-state index contributed by atoms with van der Waals surface area (Å²) in [6, 6.07) is 10.4. The maximum Gasteiger partial charge on any atom is 0.174 e. The van der Waals surface area contributed by atoms with Crippen LogP contribution in [0, 0.1) is 0 Å². The number of rotatable bonds is 5. The van der Waals surface area contributed by atoms with Gasteiger partial charge in [0.05, 0.1) is 31.4 Å². The maximum atomic E-state index is 9.86. The Kier molecular flexibility index (Phi) is 5.18. The molecule has 25 heavy (non-hydrogen) atoms. The van der Waals surface area contributed by atoms with Crippen LogP contribution >= 0.6 is 23.2 Å². The molecule has 0 amide bonds. The molecule has 0 atom stereocenters. The van der Waals surface area contributed by atoms with E-state index in [1.165, 1.54) is 0 Å². The van der Waals surface area contributed by atoms with Crippen LogP contribution in [0.2, 0.25) is 10.0 Å². The van der Waals surface area contributed by atoms with Crippen LogP contribution in [0.5, 0.6) is 11.5 Å². The van der Waals surface area contributed by atoms with Gasteiger partial charge in [0.2, 0.25) is 0 Å². The first kappa shape index (κ1) is 17.6. The number of halogens is 2. The lowest BCUT2D eigenvalue weighted by Gasteiger charge is -2.09. The highest BCUT2D eigenvalue weighted by atomic mass is 35.5. The van der Waals surface area contributed by atoms with Crippen molar-refractivity contribution < 1.29 is 19.1 Å². The summed E-state index contributed by atoms with van der Waals surface area (Å²) >= 11 is 12.2. The first-order valence-corrected chi connectivity index (χ1v) is 8.11. The summed E-state index contributed by atoms with van der Waals surface area (Å²) in [5.74, 6) is 1.55. The zero-order valence-electron chi connectivity index (χ0n) is 13.5. The number of nitrogens with zero attached hydrogens (tertiary/aromatic N) is 1. The van der Waals surface area contributed by atoms with Crippen molar-refractivity contribution in [1.29, 1.82) is 0 Å². The van der Waals surface area contributed by atoms with Crippen molar-refractivity contribution in [3.05, 3.63) is 52.0 Å². The minimum Gasteiger partial charge on any atom is -0.493 e. The summed E-state index contributed by atoms with van der Waals surface area (Å²) in [5.41, 5.74) is 2.36. The summed E-state index contributed by atoms with van der Waals surface area (Å²) < 4.78 is 16.0. The van der Waals surface area contributed by atoms with Gasteiger partial charge in [-0.1, -0.05) is 28.4 Å². The van der Waals surface area contributed by atoms with E-state index in [0.717, 1.165) is 5.56 Å². The number of methoxy groups -OCH3 is 2. The summed E-state index contributed by atoms with van der Waals surface area (Å²) in [7, 11) is 3.11. The lowest BCUT2D eigenvalue weighted by Crippen LogP contribution is -1.93. The molecule has 1 N–H and O–H groups in total. The van der Waals surface area contributed by atoms with Gasteiger partial charge in [0, 0.05) is 16.1 Å². The van der Waals surface area contributed by atoms with Crippen LogP contribution in [-0.4, -0.2) is 24.5 Å². The molecule has 7 heteroatoms. The molecule has 1 aromatic heterocycles. The molecule has 0 saturated carbocycles. The van der Waals surface area contributed by atoms with E-state index < -0.39 is 0 Å². The zero-order valence-corrected chi connectivity index (χ0v) is 15.1. The topological polar surface area (TPSA) is 64.7 Å². The van der Waals surface area contributed by atoms with Gasteiger partial charge >= 0.3 is 0 Å². The molecular formula is C18H15Cl2NO4. The Morgan fingerprint density at radius 3 is 2.44 bits per heavy atom. The van der Waals surface area contributed by atoms with E-state index in [0.29, 0.717) is 44.1 Å². The zero-order chi connectivity index (χ0) is 18.0. The fourth-order valence-electron chi connectivity index (χ4n) is 2.55. The van der Waals surface area contributed by atoms with Crippen LogP contribution in [0.3, 0.4) is 0 Å². The van der Waals surface area contributed by atoms with Crippen LogP contribution in [0.1, 0.15) is 5.56 Å². The monoisotopic (exact) mass is 379 g/mol. The minimum atomic E-state index is -0.262. The molecule has 0 unspecified atom stereocenters. The predicted octanol–water partition coefficient (Wildman–Crippen LogP) is 4.82. The summed E-state index contributed by atoms with van der Waals surface area (Å²) in [6.45, 7) is -0.262. The number of aliphatic hydroxyl groups is 1. The predicted molar refractivity (Wildman–Crippen MR) is 96.4 cm³/mol. The Bertz CT molecular complexity index is 908. The maximum absolute atomic E-state index is 9.86. The van der Waals surface area contributed by atoms with Crippen LogP contribution in [0.25, 0.3) is 22.6 Å². The highest BCUT2D eigenvalue weighted by Gasteiger charge is 2.21. The van der Waals surface area contributed by atoms with E-state index in [1.54, 1.807) is 44.6 Å². The molecule has 5 nitrogen and oxygen atoms in total. The fourth-order valence-corrected chi connectivity index (χ4v) is 3.05. The second-order valence-corrected chi connectivity index (χ2v) is 6.03. The minimum absolute atomic E-state index is 0.262. The smallest absolute Gasteiger partial charge is 0.174 e. The lowest BCUT2D eigenvalue weighted by molar-refractivity contribution is 0.281. The third-order valence-corrected chi connectivity index (χ3v) is 4.33. The van der Waals surface area contributed by atoms with Gasteiger partial charge in [-0.05, 0) is 36.4 Å². The van der Waals surface area contributed by atoms with Crippen molar-refractivity contribution in [2.45, 2.75) is 6.61 Å². The molecule has 3 rings (SSSR count). The van der Waals surface area contributed by atoms with Crippen LogP contribution < -0.4 is 9.47 Å². The van der Waals surface area contributed by atoms with E-state index in [-0.39, 0.29) is 6.61 Å². The summed E-state index contributed by atoms with van der Waals surface area (Å²) in [5, 5.41) is 14.9. The van der Waals surface area contributed by atoms with E-state index >= 15 is 0 Å². The van der Waals surface area contributed by atoms with E-state index in [2.05, 4.69) is 5.16 Å². The molecule has 0 aliphatic heterocycles. The number of hydrogen-bond acceptors (Lipinski definition) is 5. The SMILES string of the molecule is COc1ccc(-c2noc(-c3ccc(Cl)cc3Cl)c2CO)cc1OC. The summed E-state index contributed by atoms with van der Waals surface area (Å²) in [6.07, 6.45) is 0. The quantitative estimate of drug-likeness (QED) is 0.687. The molecule has 0 aliphatic carbocycles. The van der Waals surface area contributed by atoms with E-state index in [4.69, 9.17) is 37.2 Å². The number of benzene rings is 2. The first-order chi connectivity index (χ1) is 12.1. The first-order valence-electron chi connectivity index (χ1n) is 7.36. The Balaban J connectivity index is 2.12. The van der Waals surface area contributed by atoms with Crippen molar-refractivity contribution in [2.75, 3.05) is 14.2 Å². The van der Waals surface area contributed by atoms with Crippen molar-refractivity contribution >= 4 is 23.2 Å². The Morgan fingerprint density at radius 2 is 1.80 bits per heavy atom. The van der Waals surface area contributed by atoms with Gasteiger partial charge < -0.3 is 19.1 Å². The summed E-state index contributed by atoms with van der Waals surface area (Å²) in [4.78, 5) is 0. The van der Waals surface area contributed by atoms with Gasteiger partial charge in [-0.2, -0.15) is 0 Å². The molecule has 0 bridgehead atoms. The largest absolute Gasteiger partial charge is 0.493 e. The van der Waals surface area contributed by atoms with Gasteiger partial charge in [0.1, 0.15) is 5.69 Å². The fraction of sp³-hybridized carbons (Fsp3) is 0.167. The standard InChI is InChI=1S/C18H15Cl2NO4/c1-23-15-6-3-10(7-16(15)24-2)17-13(9-22)18(25-21-17)12-5-4-11(19)8-14(12)20/h3-8,22H,9H2,1-2H3. The van der Waals surface area contributed by atoms with Crippen molar-refractivity contribution in [1.82, 2.24) is 5.16 Å². The highest BCUT2D eigenvalue weighted by Crippen LogP contribution is 2.39. The molecule has 0 saturated heterocycles. The number of aromatic nitrogens is 1. The average molecular weight is 380 g/mol. The van der Waals surface area contributed by atoms with E-state index in [9.17, 15) is 5.11 Å². The number of ether oxygens (including phenoxy) is 2. The van der Waals surface area contributed by atoms with Gasteiger partial charge in [-0.25, -0.2) is 0 Å². The molecule has 0 spiro atoms. The molecule has 2 aromatic carbocycles. The Labute approximate surface area is 154 Å². The highest BCUT2D eigenvalue weighted by molar-refractivity contribution is 6.36. The van der Waals surface area contributed by atoms with E-state index in [1.807, 2.05) is 6.07 Å². The number of aliphatic hydroxyl groups excluding tert-OH is 1. The molecule has 3 aromatic rings. The molecule has 0 fully saturated rings. The number of hydrogen-bond donors (Lipinski definition) is 1. The normalized spacial score (nSPS) is 10.8. The van der Waals surface area contributed by atoms with Crippen LogP contribution in [0.15, 0.2) is 40.9 Å². The van der Waals surface area contributed by atoms with Crippen molar-refractivity contribution in [2.24, 2.45) is 0 Å². The third kappa shape index (κ3) is 3.31. The molecular weight excluding hydrogens is 365 g/mol. The third-order valence-electron chi connectivity index (χ3n) is 3.78. The second kappa shape index (κ2) is 7.35. The molecule has 0 radical (unpaired) electrons. The lowest BCUT2D eigenvalue weighted by atomic mass is 10.0. The molecule has 0 aliphatic rings. The Hall–Kier alpha value is -2.21. The van der Waals surface area contributed by atoms with Crippen LogP contribution in [-0.2, 0) is 6.61 Å². The van der Waals surface area contributed by atoms with Crippen molar-refractivity contribution in [3.63, 3.8) is 0 Å². The molecule has 130 valence electrons. The van der Waals surface area contributed by atoms with Gasteiger partial charge in [0.15, 0.2) is 17.3 Å². The van der Waals surface area contributed by atoms with Gasteiger partial charge in [-0.15, -0.1) is 0 Å². The molecule has 1 heterocycles. The Morgan fingerprint density at radius 1 is 1.04 bits per heavy atom. The van der Waals surface area contributed by atoms with Gasteiger partial charge in [0.25, 0.3) is 0 Å². The van der Waals surface area contributed by atoms with Crippen LogP contribution in [0.4, 0.5) is 0 Å². The van der Waals surface area contributed by atoms with Crippen molar-refractivity contribution in [3.8, 4) is 34.1 Å². The average Bonchev–Trinajstić information content (AvgIpc) is 3.04. The van der Waals surface area contributed by atoms with Gasteiger partial charge in [-0.3, -0.25) is 0 Å². The second-order valence-electron chi connectivity index (χ2n) is 5.19.